The lowest BCUT2D eigenvalue weighted by atomic mass is 9.97. The van der Waals surface area contributed by atoms with E-state index in [0.717, 1.165) is 29.8 Å². The molecule has 0 radical (unpaired) electrons. The number of piperidine rings is 1. The maximum Gasteiger partial charge on any atom is 0.243 e. The number of aromatic nitrogens is 2. The SMILES string of the molecule is Cc1nc2ccccc2n1CCCNC(=O)C1CCN(S(=O)(=O)c2ccc(Cl)cc2)CC1. The standard InChI is InChI=1S/C23H27ClN4O3S/c1-17-26-21-5-2-3-6-22(21)28(17)14-4-13-25-23(29)18-11-15-27(16-12-18)32(30,31)20-9-7-19(24)8-10-20/h2-3,5-10,18H,4,11-16H2,1H3,(H,25,29). The third-order valence-corrected chi connectivity index (χ3v) is 8.14. The average molecular weight is 475 g/mol. The lowest BCUT2D eigenvalue weighted by Gasteiger charge is -2.30. The van der Waals surface area contributed by atoms with Crippen LogP contribution in [0.2, 0.25) is 5.02 Å². The van der Waals surface area contributed by atoms with Crippen LogP contribution in [0, 0.1) is 12.8 Å². The Balaban J connectivity index is 1.25. The number of para-hydroxylation sites is 2. The number of carbonyl (C=O) groups is 1. The van der Waals surface area contributed by atoms with Gasteiger partial charge in [0.25, 0.3) is 0 Å². The summed E-state index contributed by atoms with van der Waals surface area (Å²) in [5.41, 5.74) is 2.08. The maximum absolute atomic E-state index is 12.8. The molecule has 1 saturated heterocycles. The summed E-state index contributed by atoms with van der Waals surface area (Å²) in [5.74, 6) is 0.801. The van der Waals surface area contributed by atoms with Crippen LogP contribution in [0.5, 0.6) is 0 Å². The molecule has 0 bridgehead atoms. The highest BCUT2D eigenvalue weighted by Gasteiger charge is 2.31. The molecule has 0 atom stereocenters. The van der Waals surface area contributed by atoms with Crippen molar-refractivity contribution < 1.29 is 13.2 Å². The van der Waals surface area contributed by atoms with Crippen molar-refractivity contribution in [3.05, 3.63) is 59.4 Å². The predicted molar refractivity (Wildman–Crippen MR) is 125 cm³/mol. The van der Waals surface area contributed by atoms with Crippen LogP contribution in [-0.4, -0.2) is 47.8 Å². The smallest absolute Gasteiger partial charge is 0.243 e. The fourth-order valence-corrected chi connectivity index (χ4v) is 5.78. The van der Waals surface area contributed by atoms with Crippen LogP contribution in [-0.2, 0) is 21.4 Å². The van der Waals surface area contributed by atoms with Crippen LogP contribution < -0.4 is 5.32 Å². The molecule has 9 heteroatoms. The Bertz CT molecular complexity index is 1200. The molecule has 1 fully saturated rings. The summed E-state index contributed by atoms with van der Waals surface area (Å²) in [6.45, 7) is 4.02. The minimum absolute atomic E-state index is 0.000696. The third-order valence-electron chi connectivity index (χ3n) is 5.98. The van der Waals surface area contributed by atoms with E-state index in [2.05, 4.69) is 20.9 Å². The number of nitrogens with zero attached hydrogens (tertiary/aromatic N) is 3. The number of benzene rings is 2. The normalized spacial score (nSPS) is 15.8. The highest BCUT2D eigenvalue weighted by atomic mass is 35.5. The van der Waals surface area contributed by atoms with Crippen molar-refractivity contribution in [3.63, 3.8) is 0 Å². The molecule has 1 aromatic heterocycles. The molecular weight excluding hydrogens is 448 g/mol. The Morgan fingerprint density at radius 1 is 1.12 bits per heavy atom. The zero-order valence-electron chi connectivity index (χ0n) is 18.0. The van der Waals surface area contributed by atoms with Gasteiger partial charge in [-0.1, -0.05) is 23.7 Å². The van der Waals surface area contributed by atoms with Gasteiger partial charge >= 0.3 is 0 Å². The Morgan fingerprint density at radius 3 is 2.53 bits per heavy atom. The number of imidazole rings is 1. The van der Waals surface area contributed by atoms with Crippen molar-refractivity contribution in [2.75, 3.05) is 19.6 Å². The number of sulfonamides is 1. The van der Waals surface area contributed by atoms with E-state index in [-0.39, 0.29) is 16.7 Å². The second-order valence-electron chi connectivity index (χ2n) is 8.08. The number of fused-ring (bicyclic) bond motifs is 1. The van der Waals surface area contributed by atoms with Gasteiger partial charge < -0.3 is 9.88 Å². The van der Waals surface area contributed by atoms with Gasteiger partial charge in [0.2, 0.25) is 15.9 Å². The van der Waals surface area contributed by atoms with Gasteiger partial charge in [0.1, 0.15) is 5.82 Å². The van der Waals surface area contributed by atoms with Gasteiger partial charge in [0.15, 0.2) is 0 Å². The number of aryl methyl sites for hydroxylation is 2. The minimum atomic E-state index is -3.56. The van der Waals surface area contributed by atoms with Crippen LogP contribution in [0.25, 0.3) is 11.0 Å². The molecule has 170 valence electrons. The van der Waals surface area contributed by atoms with E-state index in [4.69, 9.17) is 11.6 Å². The molecule has 0 unspecified atom stereocenters. The van der Waals surface area contributed by atoms with E-state index in [9.17, 15) is 13.2 Å². The van der Waals surface area contributed by atoms with E-state index in [1.807, 2.05) is 25.1 Å². The summed E-state index contributed by atoms with van der Waals surface area (Å²) in [6, 6.07) is 14.2. The van der Waals surface area contributed by atoms with Gasteiger partial charge in [-0.2, -0.15) is 4.31 Å². The van der Waals surface area contributed by atoms with Crippen molar-refractivity contribution in [2.24, 2.45) is 5.92 Å². The summed E-state index contributed by atoms with van der Waals surface area (Å²) in [7, 11) is -3.56. The number of amides is 1. The molecule has 1 aliphatic rings. The van der Waals surface area contributed by atoms with Gasteiger partial charge in [0.05, 0.1) is 15.9 Å². The van der Waals surface area contributed by atoms with Crippen molar-refractivity contribution in [1.82, 2.24) is 19.2 Å². The molecule has 7 nitrogen and oxygen atoms in total. The quantitative estimate of drug-likeness (QED) is 0.530. The summed E-state index contributed by atoms with van der Waals surface area (Å²) >= 11 is 5.86. The first kappa shape index (κ1) is 22.8. The van der Waals surface area contributed by atoms with Gasteiger partial charge in [-0.3, -0.25) is 4.79 Å². The van der Waals surface area contributed by atoms with Crippen LogP contribution >= 0.6 is 11.6 Å². The van der Waals surface area contributed by atoms with E-state index >= 15 is 0 Å². The molecule has 3 aromatic rings. The van der Waals surface area contributed by atoms with Gasteiger partial charge in [-0.15, -0.1) is 0 Å². The van der Waals surface area contributed by atoms with Crippen LogP contribution in [0.15, 0.2) is 53.4 Å². The number of carbonyl (C=O) groups excluding carboxylic acids is 1. The zero-order valence-corrected chi connectivity index (χ0v) is 19.6. The second-order valence-corrected chi connectivity index (χ2v) is 10.5. The number of rotatable bonds is 7. The van der Waals surface area contributed by atoms with Gasteiger partial charge in [-0.25, -0.2) is 13.4 Å². The second kappa shape index (κ2) is 9.60. The van der Waals surface area contributed by atoms with Gasteiger partial charge in [-0.05, 0) is 62.6 Å². The predicted octanol–water partition coefficient (Wildman–Crippen LogP) is 3.61. The van der Waals surface area contributed by atoms with E-state index < -0.39 is 10.0 Å². The lowest BCUT2D eigenvalue weighted by molar-refractivity contribution is -0.126. The molecule has 0 aliphatic carbocycles. The molecule has 2 aromatic carbocycles. The number of halogens is 1. The van der Waals surface area contributed by atoms with Crippen molar-refractivity contribution >= 4 is 38.6 Å². The molecule has 4 rings (SSSR count). The molecule has 1 amide bonds. The van der Waals surface area contributed by atoms with Crippen molar-refractivity contribution in [2.45, 2.75) is 37.6 Å². The molecular formula is C23H27ClN4O3S. The number of nitrogens with one attached hydrogen (secondary N) is 1. The molecule has 2 heterocycles. The van der Waals surface area contributed by atoms with Crippen molar-refractivity contribution in [3.8, 4) is 0 Å². The topological polar surface area (TPSA) is 84.3 Å². The largest absolute Gasteiger partial charge is 0.356 e. The Labute approximate surface area is 193 Å². The van der Waals surface area contributed by atoms with Crippen LogP contribution in [0.1, 0.15) is 25.1 Å². The van der Waals surface area contributed by atoms with Crippen molar-refractivity contribution in [1.29, 1.82) is 0 Å². The lowest BCUT2D eigenvalue weighted by Crippen LogP contribution is -2.43. The fraction of sp³-hybridized carbons (Fsp3) is 0.391. The van der Waals surface area contributed by atoms with Gasteiger partial charge in [0, 0.05) is 37.1 Å². The summed E-state index contributed by atoms with van der Waals surface area (Å²) in [6.07, 6.45) is 1.84. The molecule has 1 aliphatic heterocycles. The van der Waals surface area contributed by atoms with E-state index in [0.29, 0.717) is 37.5 Å². The van der Waals surface area contributed by atoms with Crippen LogP contribution in [0.4, 0.5) is 0 Å². The number of hydrogen-bond acceptors (Lipinski definition) is 4. The molecule has 1 N–H and O–H groups in total. The first-order valence-corrected chi connectivity index (χ1v) is 12.6. The summed E-state index contributed by atoms with van der Waals surface area (Å²) < 4.78 is 29.2. The molecule has 32 heavy (non-hydrogen) atoms. The van der Waals surface area contributed by atoms with E-state index in [1.165, 1.54) is 16.4 Å². The third kappa shape index (κ3) is 4.82. The molecule has 0 saturated carbocycles. The highest BCUT2D eigenvalue weighted by Crippen LogP contribution is 2.25. The van der Waals surface area contributed by atoms with E-state index in [1.54, 1.807) is 12.1 Å². The highest BCUT2D eigenvalue weighted by molar-refractivity contribution is 7.89. The Morgan fingerprint density at radius 2 is 1.81 bits per heavy atom. The molecule has 0 spiro atoms. The summed E-state index contributed by atoms with van der Waals surface area (Å²) in [5, 5.41) is 3.51. The Kier molecular flexibility index (Phi) is 6.83. The monoisotopic (exact) mass is 474 g/mol. The Hall–Kier alpha value is -2.42. The minimum Gasteiger partial charge on any atom is -0.356 e. The number of hydrogen-bond donors (Lipinski definition) is 1. The average Bonchev–Trinajstić information content (AvgIpc) is 3.12. The maximum atomic E-state index is 12.8. The zero-order chi connectivity index (χ0) is 22.7. The first-order chi connectivity index (χ1) is 15.4. The summed E-state index contributed by atoms with van der Waals surface area (Å²) in [4.78, 5) is 17.4. The first-order valence-electron chi connectivity index (χ1n) is 10.8. The van der Waals surface area contributed by atoms with Crippen LogP contribution in [0.3, 0.4) is 0 Å². The fourth-order valence-electron chi connectivity index (χ4n) is 4.19.